The second-order valence-electron chi connectivity index (χ2n) is 7.92. The van der Waals surface area contributed by atoms with Crippen LogP contribution < -0.4 is 0 Å². The first-order valence-corrected chi connectivity index (χ1v) is 8.91. The number of ether oxygens (including phenoxy) is 1. The van der Waals surface area contributed by atoms with Gasteiger partial charge in [-0.1, -0.05) is 26.8 Å². The number of aliphatic hydroxyl groups excluding tert-OH is 2. The van der Waals surface area contributed by atoms with Gasteiger partial charge in [0.2, 0.25) is 0 Å². The summed E-state index contributed by atoms with van der Waals surface area (Å²) in [7, 11) is 1.33. The third-order valence-electron chi connectivity index (χ3n) is 6.45. The molecule has 2 unspecified atom stereocenters. The van der Waals surface area contributed by atoms with Crippen LogP contribution in [0.2, 0.25) is 0 Å². The molecule has 0 aromatic heterocycles. The van der Waals surface area contributed by atoms with Gasteiger partial charge in [0.05, 0.1) is 19.3 Å². The van der Waals surface area contributed by atoms with Gasteiger partial charge in [0, 0.05) is 12.0 Å². The van der Waals surface area contributed by atoms with Crippen LogP contribution >= 0.6 is 0 Å². The Morgan fingerprint density at radius 2 is 2.09 bits per heavy atom. The number of methoxy groups -OCH3 is 1. The molecule has 6 atom stereocenters. The first-order valence-electron chi connectivity index (χ1n) is 8.91. The van der Waals surface area contributed by atoms with Crippen molar-refractivity contribution >= 4 is 5.97 Å². The summed E-state index contributed by atoms with van der Waals surface area (Å²) in [5.41, 5.74) is 0.520. The summed E-state index contributed by atoms with van der Waals surface area (Å²) in [6.07, 6.45) is 5.65. The topological polar surface area (TPSA) is 66.8 Å². The molecule has 0 aromatic carbocycles. The molecular formula is C19H32O4. The van der Waals surface area contributed by atoms with Gasteiger partial charge in [-0.15, -0.1) is 0 Å². The molecule has 2 N–H and O–H groups in total. The lowest BCUT2D eigenvalue weighted by molar-refractivity contribution is -0.136. The largest absolute Gasteiger partial charge is 0.466 e. The Kier molecular flexibility index (Phi) is 5.90. The molecule has 0 aliphatic heterocycles. The van der Waals surface area contributed by atoms with Crippen molar-refractivity contribution in [2.75, 3.05) is 7.11 Å². The minimum absolute atomic E-state index is 0.157. The van der Waals surface area contributed by atoms with E-state index in [0.29, 0.717) is 29.7 Å². The zero-order chi connectivity index (χ0) is 17.2. The average molecular weight is 324 g/mol. The molecular weight excluding hydrogens is 292 g/mol. The monoisotopic (exact) mass is 324 g/mol. The number of aliphatic hydroxyl groups is 2. The van der Waals surface area contributed by atoms with Crippen LogP contribution in [0.25, 0.3) is 0 Å². The molecule has 2 saturated carbocycles. The molecule has 0 spiro atoms. The predicted octanol–water partition coefficient (Wildman–Crippen LogP) is 3.07. The molecule has 23 heavy (non-hydrogen) atoms. The highest BCUT2D eigenvalue weighted by Crippen LogP contribution is 2.58. The molecule has 2 aliphatic rings. The zero-order valence-corrected chi connectivity index (χ0v) is 14.8. The third kappa shape index (κ3) is 3.80. The lowest BCUT2D eigenvalue weighted by atomic mass is 9.61. The van der Waals surface area contributed by atoms with Crippen molar-refractivity contribution in [1.82, 2.24) is 0 Å². The molecule has 4 nitrogen and oxygen atoms in total. The number of rotatable bonds is 6. The summed E-state index contributed by atoms with van der Waals surface area (Å²) < 4.78 is 4.64. The van der Waals surface area contributed by atoms with E-state index < -0.39 is 12.1 Å². The number of esters is 1. The average Bonchev–Trinajstić information content (AvgIpc) is 2.84. The Labute approximate surface area is 139 Å². The predicted molar refractivity (Wildman–Crippen MR) is 89.7 cm³/mol. The molecule has 0 amide bonds. The van der Waals surface area contributed by atoms with Crippen molar-refractivity contribution in [3.63, 3.8) is 0 Å². The summed E-state index contributed by atoms with van der Waals surface area (Å²) in [5.74, 6) is 0.866. The fourth-order valence-corrected chi connectivity index (χ4v) is 5.31. The van der Waals surface area contributed by atoms with Crippen LogP contribution in [0.4, 0.5) is 0 Å². The van der Waals surface area contributed by atoms with Crippen LogP contribution in [-0.4, -0.2) is 35.5 Å². The second-order valence-corrected chi connectivity index (χ2v) is 7.92. The minimum Gasteiger partial charge on any atom is -0.466 e. The van der Waals surface area contributed by atoms with Crippen molar-refractivity contribution in [2.24, 2.45) is 23.2 Å². The Morgan fingerprint density at radius 3 is 2.74 bits per heavy atom. The highest BCUT2D eigenvalue weighted by atomic mass is 16.5. The first-order chi connectivity index (χ1) is 10.8. The van der Waals surface area contributed by atoms with Gasteiger partial charge >= 0.3 is 5.97 Å². The Bertz CT molecular complexity index is 447. The van der Waals surface area contributed by atoms with E-state index in [1.54, 1.807) is 0 Å². The van der Waals surface area contributed by atoms with Crippen LogP contribution in [0, 0.1) is 23.2 Å². The standard InChI is InChI=1S/C19H32O4/c1-12(10-14(20)11-13(2)18(22)23-4)15-7-8-16-17(21)6-5-9-19(15,16)3/h12,14-17,20-21H,2,5-11H2,1,3-4H3/t12-,14+,15-,16?,17?,19+/m1/s1. The van der Waals surface area contributed by atoms with Gasteiger partial charge in [-0.2, -0.15) is 0 Å². The van der Waals surface area contributed by atoms with Crippen LogP contribution in [0.1, 0.15) is 58.8 Å². The number of hydrogen-bond donors (Lipinski definition) is 2. The van der Waals surface area contributed by atoms with Crippen LogP contribution in [-0.2, 0) is 9.53 Å². The van der Waals surface area contributed by atoms with Gasteiger partial charge < -0.3 is 14.9 Å². The zero-order valence-electron chi connectivity index (χ0n) is 14.8. The number of fused-ring (bicyclic) bond motifs is 1. The van der Waals surface area contributed by atoms with Gasteiger partial charge in [0.25, 0.3) is 0 Å². The van der Waals surface area contributed by atoms with Crippen LogP contribution in [0.5, 0.6) is 0 Å². The van der Waals surface area contributed by atoms with Crippen LogP contribution in [0.3, 0.4) is 0 Å². The summed E-state index contributed by atoms with van der Waals surface area (Å²) >= 11 is 0. The molecule has 0 bridgehead atoms. The molecule has 0 saturated heterocycles. The summed E-state index contributed by atoms with van der Waals surface area (Å²) in [6.45, 7) is 8.22. The highest BCUT2D eigenvalue weighted by molar-refractivity contribution is 5.87. The lowest BCUT2D eigenvalue weighted by Crippen LogP contribution is -2.41. The second kappa shape index (κ2) is 7.35. The summed E-state index contributed by atoms with van der Waals surface area (Å²) in [4.78, 5) is 11.4. The number of carbonyl (C=O) groups excluding carboxylic acids is 1. The van der Waals surface area contributed by atoms with Crippen molar-refractivity contribution in [3.8, 4) is 0 Å². The smallest absolute Gasteiger partial charge is 0.333 e. The normalized spacial score (nSPS) is 36.1. The van der Waals surface area contributed by atoms with Crippen molar-refractivity contribution in [3.05, 3.63) is 12.2 Å². The maximum atomic E-state index is 11.4. The SMILES string of the molecule is C=C(C[C@@H](O)C[C@@H](C)[C@H]1CCC2C(O)CCC[C@]21C)C(=O)OC. The number of carbonyl (C=O) groups is 1. The number of hydrogen-bond acceptors (Lipinski definition) is 4. The van der Waals surface area contributed by atoms with Crippen LogP contribution in [0.15, 0.2) is 12.2 Å². The van der Waals surface area contributed by atoms with Gasteiger partial charge in [0.15, 0.2) is 0 Å². The van der Waals surface area contributed by atoms with Crippen molar-refractivity contribution in [1.29, 1.82) is 0 Å². The van der Waals surface area contributed by atoms with E-state index in [4.69, 9.17) is 0 Å². The molecule has 132 valence electrons. The van der Waals surface area contributed by atoms with Crippen molar-refractivity contribution < 1.29 is 19.7 Å². The quantitative estimate of drug-likeness (QED) is 0.582. The van der Waals surface area contributed by atoms with Crippen molar-refractivity contribution in [2.45, 2.75) is 71.0 Å². The van der Waals surface area contributed by atoms with E-state index in [1.807, 2.05) is 0 Å². The lowest BCUT2D eigenvalue weighted by Gasteiger charge is -2.45. The van der Waals surface area contributed by atoms with E-state index in [2.05, 4.69) is 25.2 Å². The molecule has 2 aliphatic carbocycles. The minimum atomic E-state index is -0.562. The Balaban J connectivity index is 1.94. The molecule has 4 heteroatoms. The highest BCUT2D eigenvalue weighted by Gasteiger charge is 2.52. The van der Waals surface area contributed by atoms with Gasteiger partial charge in [0.1, 0.15) is 0 Å². The Morgan fingerprint density at radius 1 is 1.39 bits per heavy atom. The van der Waals surface area contributed by atoms with E-state index in [1.165, 1.54) is 13.5 Å². The van der Waals surface area contributed by atoms with Gasteiger partial charge in [-0.25, -0.2) is 4.79 Å². The molecule has 2 rings (SSSR count). The van der Waals surface area contributed by atoms with E-state index in [9.17, 15) is 15.0 Å². The fourth-order valence-electron chi connectivity index (χ4n) is 5.31. The fraction of sp³-hybridized carbons (Fsp3) is 0.842. The first kappa shape index (κ1) is 18.5. The van der Waals surface area contributed by atoms with E-state index in [0.717, 1.165) is 25.7 Å². The maximum Gasteiger partial charge on any atom is 0.333 e. The summed E-state index contributed by atoms with van der Waals surface area (Å²) in [6, 6.07) is 0. The summed E-state index contributed by atoms with van der Waals surface area (Å²) in [5, 5.41) is 20.6. The molecule has 0 heterocycles. The van der Waals surface area contributed by atoms with Gasteiger partial charge in [-0.05, 0) is 55.3 Å². The van der Waals surface area contributed by atoms with Gasteiger partial charge in [-0.3, -0.25) is 0 Å². The molecule has 0 aromatic rings. The molecule has 0 radical (unpaired) electrons. The van der Waals surface area contributed by atoms with E-state index >= 15 is 0 Å². The molecule has 2 fully saturated rings. The Hall–Kier alpha value is -0.870. The van der Waals surface area contributed by atoms with E-state index in [-0.39, 0.29) is 17.9 Å². The maximum absolute atomic E-state index is 11.4. The third-order valence-corrected chi connectivity index (χ3v) is 6.45.